The summed E-state index contributed by atoms with van der Waals surface area (Å²) in [5.41, 5.74) is 1.30. The molecule has 0 radical (unpaired) electrons. The number of aliphatic hydroxyl groups is 2. The molecule has 3 fully saturated rings. The van der Waals surface area contributed by atoms with Crippen molar-refractivity contribution in [2.75, 3.05) is 34.5 Å². The minimum Gasteiger partial charge on any atom is -0.456 e. The lowest BCUT2D eigenvalue weighted by Gasteiger charge is -2.47. The third kappa shape index (κ3) is 15.1. The Balaban J connectivity index is 1.89. The van der Waals surface area contributed by atoms with Crippen LogP contribution in [0.4, 0.5) is 0 Å². The van der Waals surface area contributed by atoms with Crippen LogP contribution < -0.4 is 0 Å². The van der Waals surface area contributed by atoms with E-state index in [1.165, 1.54) is 4.90 Å². The van der Waals surface area contributed by atoms with E-state index >= 15 is 4.79 Å². The Kier molecular flexibility index (Phi) is 21.8. The minimum atomic E-state index is -2.60. The Hall–Kier alpha value is -2.13. The molecule has 2 saturated heterocycles. The highest BCUT2D eigenvalue weighted by molar-refractivity contribution is 6.74. The summed E-state index contributed by atoms with van der Waals surface area (Å²) in [4.78, 5) is 60.3. The van der Waals surface area contributed by atoms with E-state index in [-0.39, 0.29) is 84.7 Å². The molecule has 3 aliphatic heterocycles. The first-order chi connectivity index (χ1) is 32.9. The molecule has 2 bridgehead atoms. The second-order valence-electron chi connectivity index (χ2n) is 25.0. The fraction of sp³-hybridized carbons (Fsp3) is 0.855. The molecule has 2 N–H and O–H groups in total. The van der Waals surface area contributed by atoms with Crippen molar-refractivity contribution in [3.05, 3.63) is 23.3 Å². The monoisotopic (exact) mass is 1040 g/mol. The first kappa shape index (κ1) is 61.4. The zero-order chi connectivity index (χ0) is 53.6. The maximum atomic E-state index is 15.0. The number of methoxy groups -OCH3 is 3. The molecule has 1 amide bonds. The number of esters is 1. The number of aliphatic hydroxyl groups excluding tert-OH is 1. The normalized spacial score (nSPS) is 35.6. The Morgan fingerprint density at radius 3 is 1.93 bits per heavy atom. The summed E-state index contributed by atoms with van der Waals surface area (Å²) in [5, 5.41) is 22.4. The first-order valence-electron chi connectivity index (χ1n) is 26.8. The zero-order valence-electron chi connectivity index (χ0n) is 47.2. The number of piperidine rings is 1. The molecule has 71 heavy (non-hydrogen) atoms. The molecule has 0 aromatic heterocycles. The van der Waals surface area contributed by atoms with E-state index in [1.54, 1.807) is 28.3 Å². The van der Waals surface area contributed by atoms with Gasteiger partial charge in [-0.1, -0.05) is 81.4 Å². The van der Waals surface area contributed by atoms with Crippen LogP contribution >= 0.6 is 0 Å². The summed E-state index contributed by atoms with van der Waals surface area (Å²) < 4.78 is 45.3. The van der Waals surface area contributed by atoms with Gasteiger partial charge in [0.2, 0.25) is 5.79 Å². The zero-order valence-corrected chi connectivity index (χ0v) is 49.2. The predicted molar refractivity (Wildman–Crippen MR) is 282 cm³/mol. The van der Waals surface area contributed by atoms with E-state index in [0.29, 0.717) is 37.7 Å². The summed E-state index contributed by atoms with van der Waals surface area (Å²) in [6.45, 7) is 31.6. The minimum absolute atomic E-state index is 0.00670. The molecule has 0 spiro atoms. The molecule has 1 aliphatic carbocycles. The van der Waals surface area contributed by atoms with Crippen molar-refractivity contribution in [1.29, 1.82) is 0 Å². The Bertz CT molecular complexity index is 1870. The van der Waals surface area contributed by atoms with Gasteiger partial charge in [-0.25, -0.2) is 4.79 Å². The number of hydrogen-bond donors (Lipinski definition) is 2. The fourth-order valence-corrected chi connectivity index (χ4v) is 13.6. The highest BCUT2D eigenvalue weighted by Crippen LogP contribution is 2.44. The van der Waals surface area contributed by atoms with Crippen molar-refractivity contribution in [1.82, 2.24) is 4.90 Å². The Morgan fingerprint density at radius 2 is 1.37 bits per heavy atom. The van der Waals surface area contributed by atoms with Gasteiger partial charge in [0.1, 0.15) is 18.2 Å². The quantitative estimate of drug-likeness (QED) is 0.0867. The molecule has 2 unspecified atom stereocenters. The van der Waals surface area contributed by atoms with Crippen LogP contribution in [0.3, 0.4) is 0 Å². The second-order valence-corrected chi connectivity index (χ2v) is 34.5. The van der Waals surface area contributed by atoms with Crippen LogP contribution in [-0.4, -0.2) is 144 Å². The van der Waals surface area contributed by atoms with Crippen LogP contribution in [0.2, 0.25) is 36.3 Å². The smallest absolute Gasteiger partial charge is 0.329 e. The number of amides is 1. The summed E-state index contributed by atoms with van der Waals surface area (Å²) in [7, 11) is 0.130. The summed E-state index contributed by atoms with van der Waals surface area (Å²) >= 11 is 0. The lowest BCUT2D eigenvalue weighted by Crippen LogP contribution is -2.64. The SMILES string of the molecule is CO[C@H]1C[C@@H](C)CC(C)C=C(CCO)C(=O)C[C@H](O[Si](C)(C)C(C)(C)C)[C@@H](C)[C@@H](C(C)=C[C@@H]2CC[C@@H](O[Si](C)(C)C(C)(C)C)[C@H](OC)C2)OC(=O)C2CCCCN2C(=O)C(=O)[C@]2(O)O[C@H]1[C@@H](OC)C[C@H]2C. The second kappa shape index (κ2) is 25.1. The van der Waals surface area contributed by atoms with Crippen molar-refractivity contribution in [2.45, 2.75) is 238 Å². The van der Waals surface area contributed by atoms with Gasteiger partial charge in [-0.05, 0) is 136 Å². The third-order valence-electron chi connectivity index (χ3n) is 17.3. The van der Waals surface area contributed by atoms with Crippen LogP contribution in [0, 0.1) is 29.6 Å². The Morgan fingerprint density at radius 1 is 0.789 bits per heavy atom. The van der Waals surface area contributed by atoms with Crippen LogP contribution in [0.1, 0.15) is 147 Å². The van der Waals surface area contributed by atoms with Gasteiger partial charge in [-0.2, -0.15) is 0 Å². The number of carbonyl (C=O) groups excluding carboxylic acids is 4. The summed E-state index contributed by atoms with van der Waals surface area (Å²) in [5.74, 6) is -6.89. The maximum absolute atomic E-state index is 15.0. The summed E-state index contributed by atoms with van der Waals surface area (Å²) in [6.07, 6.45) is 5.44. The average molecular weight is 1040 g/mol. The van der Waals surface area contributed by atoms with E-state index in [0.717, 1.165) is 18.4 Å². The van der Waals surface area contributed by atoms with Crippen LogP contribution in [0.25, 0.3) is 0 Å². The van der Waals surface area contributed by atoms with Crippen molar-refractivity contribution < 1.29 is 61.9 Å². The number of nitrogens with zero attached hydrogens (tertiary/aromatic N) is 1. The van der Waals surface area contributed by atoms with E-state index in [1.807, 2.05) is 26.8 Å². The van der Waals surface area contributed by atoms with Gasteiger partial charge in [0.05, 0.1) is 30.5 Å². The molecule has 0 aromatic carbocycles. The molecule has 1 saturated carbocycles. The van der Waals surface area contributed by atoms with Gasteiger partial charge in [0.25, 0.3) is 11.7 Å². The lowest BCUT2D eigenvalue weighted by atomic mass is 9.81. The standard InChI is InChI=1S/C55H97NO13Si2/c1-34-27-35(2)29-46(64-13)49-47(65-14)31-37(4)55(62,67-49)50(59)51(60)56-25-20-19-21-41(56)52(61)66-48(36(3)30-39-22-23-43(45(32-39)63-12)68-70(15,16)53(6,7)8)38(5)44(69-71(17,18)54(9,10)11)33-42(58)40(28-34)24-26-57/h28,30,34-35,37-39,41,43-49,57,62H,19-27,29,31-33H2,1-18H3/t34?,35-,37+,38+,39-,41?,43+,44-,45+,46-,47-,48+,49+,55+/m0/s1. The Labute approximate surface area is 430 Å². The van der Waals surface area contributed by atoms with E-state index < -0.39 is 88.5 Å². The van der Waals surface area contributed by atoms with Crippen LogP contribution in [-0.2, 0) is 51.7 Å². The van der Waals surface area contributed by atoms with Gasteiger partial charge in [0.15, 0.2) is 22.4 Å². The number of cyclic esters (lactones) is 1. The molecule has 14 atom stereocenters. The number of hydrogen-bond acceptors (Lipinski definition) is 13. The lowest BCUT2D eigenvalue weighted by molar-refractivity contribution is -0.302. The molecule has 16 heteroatoms. The van der Waals surface area contributed by atoms with Gasteiger partial charge in [-0.3, -0.25) is 14.4 Å². The molecular formula is C55H97NO13Si2. The third-order valence-corrected chi connectivity index (χ3v) is 26.3. The average Bonchev–Trinajstić information content (AvgIpc) is 3.28. The fourth-order valence-electron chi connectivity index (χ4n) is 10.8. The van der Waals surface area contributed by atoms with E-state index in [2.05, 4.69) is 80.7 Å². The molecule has 14 nitrogen and oxygen atoms in total. The highest BCUT2D eigenvalue weighted by atomic mass is 28.4. The van der Waals surface area contributed by atoms with Crippen molar-refractivity contribution in [2.24, 2.45) is 29.6 Å². The predicted octanol–water partition coefficient (Wildman–Crippen LogP) is 9.50. The van der Waals surface area contributed by atoms with Gasteiger partial charge in [0, 0.05) is 52.7 Å². The van der Waals surface area contributed by atoms with Crippen LogP contribution in [0.15, 0.2) is 23.3 Å². The largest absolute Gasteiger partial charge is 0.456 e. The number of ketones is 2. The maximum Gasteiger partial charge on any atom is 0.329 e. The van der Waals surface area contributed by atoms with Crippen molar-refractivity contribution in [3.63, 3.8) is 0 Å². The summed E-state index contributed by atoms with van der Waals surface area (Å²) in [6, 6.07) is -1.13. The van der Waals surface area contributed by atoms with Crippen LogP contribution in [0.5, 0.6) is 0 Å². The molecule has 4 aliphatic rings. The number of allylic oxidation sites excluding steroid dienone is 2. The van der Waals surface area contributed by atoms with E-state index in [4.69, 9.17) is 32.5 Å². The number of rotatable bonds is 11. The number of carbonyl (C=O) groups is 4. The molecule has 0 aromatic rings. The molecular weight excluding hydrogens is 939 g/mol. The molecule has 408 valence electrons. The number of ether oxygens (including phenoxy) is 5. The van der Waals surface area contributed by atoms with E-state index in [9.17, 15) is 24.6 Å². The van der Waals surface area contributed by atoms with Crippen molar-refractivity contribution >= 4 is 40.1 Å². The highest BCUT2D eigenvalue weighted by Gasteiger charge is 2.57. The van der Waals surface area contributed by atoms with Crippen molar-refractivity contribution in [3.8, 4) is 0 Å². The molecule has 4 rings (SSSR count). The number of Topliss-reactive ketones (excluding diaryl/α,β-unsaturated/α-hetero) is 2. The topological polar surface area (TPSA) is 177 Å². The van der Waals surface area contributed by atoms with Gasteiger partial charge >= 0.3 is 5.97 Å². The number of fused-ring (bicyclic) bond motifs is 3. The van der Waals surface area contributed by atoms with Gasteiger partial charge in [-0.15, -0.1) is 0 Å². The molecule has 3 heterocycles. The first-order valence-corrected chi connectivity index (χ1v) is 32.6. The van der Waals surface area contributed by atoms with Gasteiger partial charge < -0.3 is 47.6 Å².